The molecule has 1 aliphatic heterocycles. The molecule has 0 unspecified atom stereocenters. The molecule has 0 aliphatic carbocycles. The second-order valence-corrected chi connectivity index (χ2v) is 10.1. The molecule has 3 aromatic rings. The lowest BCUT2D eigenvalue weighted by Gasteiger charge is -2.09. The standard InChI is InChI=1S/C24H22N4O3S/c1-17-7-9-18(10-8-17)23-20(15-28(27-23)22-5-3-2-4-6-22)13-19(14-25)24(29)26-21-11-12-32(30,31)16-21/h2-10,13,15,21H,11-12,16H2,1H3,(H,26,29)/b19-13+/t21-/m1/s1. The van der Waals surface area contributed by atoms with Gasteiger partial charge in [0.15, 0.2) is 9.84 Å². The van der Waals surface area contributed by atoms with E-state index in [4.69, 9.17) is 5.10 Å². The molecule has 162 valence electrons. The first-order chi connectivity index (χ1) is 15.3. The van der Waals surface area contributed by atoms with Gasteiger partial charge in [0.1, 0.15) is 11.6 Å². The van der Waals surface area contributed by atoms with Gasteiger partial charge in [-0.15, -0.1) is 0 Å². The summed E-state index contributed by atoms with van der Waals surface area (Å²) in [6, 6.07) is 18.9. The topological polar surface area (TPSA) is 105 Å². The van der Waals surface area contributed by atoms with Gasteiger partial charge in [0.2, 0.25) is 0 Å². The largest absolute Gasteiger partial charge is 0.348 e. The normalized spacial score (nSPS) is 17.6. The predicted octanol–water partition coefficient (Wildman–Crippen LogP) is 3.06. The minimum absolute atomic E-state index is 0.0466. The number of benzene rings is 2. The highest BCUT2D eigenvalue weighted by molar-refractivity contribution is 7.91. The van der Waals surface area contributed by atoms with E-state index in [0.29, 0.717) is 17.7 Å². The van der Waals surface area contributed by atoms with E-state index in [1.54, 1.807) is 10.9 Å². The fourth-order valence-electron chi connectivity index (χ4n) is 3.62. The van der Waals surface area contributed by atoms with Crippen LogP contribution in [0.2, 0.25) is 0 Å². The molecular weight excluding hydrogens is 424 g/mol. The molecule has 0 spiro atoms. The van der Waals surface area contributed by atoms with Crippen LogP contribution in [0.3, 0.4) is 0 Å². The van der Waals surface area contributed by atoms with Gasteiger partial charge in [0.25, 0.3) is 5.91 Å². The second kappa shape index (κ2) is 8.81. The Morgan fingerprint density at radius 1 is 1.19 bits per heavy atom. The fourth-order valence-corrected chi connectivity index (χ4v) is 5.29. The molecule has 8 heteroatoms. The third-order valence-electron chi connectivity index (χ3n) is 5.32. The number of sulfone groups is 1. The number of amides is 1. The molecule has 2 aromatic carbocycles. The van der Waals surface area contributed by atoms with E-state index in [2.05, 4.69) is 5.32 Å². The van der Waals surface area contributed by atoms with Gasteiger partial charge in [-0.3, -0.25) is 4.79 Å². The van der Waals surface area contributed by atoms with E-state index in [-0.39, 0.29) is 17.1 Å². The lowest BCUT2D eigenvalue weighted by Crippen LogP contribution is -2.36. The first-order valence-corrected chi connectivity index (χ1v) is 12.0. The Morgan fingerprint density at radius 3 is 2.53 bits per heavy atom. The minimum atomic E-state index is -3.14. The van der Waals surface area contributed by atoms with Gasteiger partial charge in [-0.1, -0.05) is 48.0 Å². The van der Waals surface area contributed by atoms with Crippen molar-refractivity contribution in [3.8, 4) is 23.0 Å². The van der Waals surface area contributed by atoms with Gasteiger partial charge in [0, 0.05) is 23.4 Å². The molecule has 1 aromatic heterocycles. The summed E-state index contributed by atoms with van der Waals surface area (Å²) in [6.07, 6.45) is 3.63. The Hall–Kier alpha value is -3.70. The number of aryl methyl sites for hydroxylation is 1. The molecular formula is C24H22N4O3S. The molecule has 1 aliphatic rings. The number of rotatable bonds is 5. The van der Waals surface area contributed by atoms with Crippen LogP contribution >= 0.6 is 0 Å². The highest BCUT2D eigenvalue weighted by Gasteiger charge is 2.29. The van der Waals surface area contributed by atoms with E-state index in [1.807, 2.05) is 67.6 Å². The number of hydrogen-bond acceptors (Lipinski definition) is 5. The Kier molecular flexibility index (Phi) is 5.93. The molecule has 0 saturated carbocycles. The van der Waals surface area contributed by atoms with Gasteiger partial charge < -0.3 is 5.32 Å². The molecule has 32 heavy (non-hydrogen) atoms. The minimum Gasteiger partial charge on any atom is -0.348 e. The van der Waals surface area contributed by atoms with Crippen molar-refractivity contribution in [3.05, 3.63) is 77.5 Å². The Balaban J connectivity index is 1.71. The first-order valence-electron chi connectivity index (χ1n) is 10.2. The molecule has 1 fully saturated rings. The number of nitriles is 1. The third-order valence-corrected chi connectivity index (χ3v) is 7.09. The van der Waals surface area contributed by atoms with E-state index >= 15 is 0 Å². The van der Waals surface area contributed by atoms with Gasteiger partial charge in [-0.25, -0.2) is 13.1 Å². The van der Waals surface area contributed by atoms with Crippen molar-refractivity contribution in [2.75, 3.05) is 11.5 Å². The lowest BCUT2D eigenvalue weighted by atomic mass is 10.0. The van der Waals surface area contributed by atoms with Crippen LogP contribution in [-0.4, -0.2) is 41.7 Å². The fraction of sp³-hybridized carbons (Fsp3) is 0.208. The number of nitrogens with one attached hydrogen (secondary N) is 1. The van der Waals surface area contributed by atoms with Crippen LogP contribution in [0.5, 0.6) is 0 Å². The Morgan fingerprint density at radius 2 is 1.91 bits per heavy atom. The van der Waals surface area contributed by atoms with Crippen molar-refractivity contribution in [2.24, 2.45) is 0 Å². The van der Waals surface area contributed by atoms with E-state index in [1.165, 1.54) is 6.08 Å². The number of hydrogen-bond donors (Lipinski definition) is 1. The number of carbonyl (C=O) groups is 1. The van der Waals surface area contributed by atoms with Crippen LogP contribution in [-0.2, 0) is 14.6 Å². The number of carbonyl (C=O) groups excluding carboxylic acids is 1. The highest BCUT2D eigenvalue weighted by Crippen LogP contribution is 2.26. The summed E-state index contributed by atoms with van der Waals surface area (Å²) in [6.45, 7) is 1.99. The molecule has 7 nitrogen and oxygen atoms in total. The zero-order valence-electron chi connectivity index (χ0n) is 17.5. The van der Waals surface area contributed by atoms with E-state index in [9.17, 15) is 18.5 Å². The SMILES string of the molecule is Cc1ccc(-c2nn(-c3ccccc3)cc2/C=C(\C#N)C(=O)N[C@@H]2CCS(=O)(=O)C2)cc1. The second-order valence-electron chi connectivity index (χ2n) is 7.82. The summed E-state index contributed by atoms with van der Waals surface area (Å²) in [5, 5.41) is 17.0. The molecule has 0 radical (unpaired) electrons. The van der Waals surface area contributed by atoms with Crippen LogP contribution in [0.1, 0.15) is 17.5 Å². The summed E-state index contributed by atoms with van der Waals surface area (Å²) in [4.78, 5) is 12.7. The summed E-state index contributed by atoms with van der Waals surface area (Å²) in [7, 11) is -3.14. The average Bonchev–Trinajstić information content (AvgIpc) is 3.35. The summed E-state index contributed by atoms with van der Waals surface area (Å²) >= 11 is 0. The zero-order chi connectivity index (χ0) is 22.7. The van der Waals surface area contributed by atoms with Gasteiger partial charge in [-0.05, 0) is 31.6 Å². The number of nitrogens with zero attached hydrogens (tertiary/aromatic N) is 3. The van der Waals surface area contributed by atoms with Crippen LogP contribution in [0.15, 0.2) is 66.4 Å². The van der Waals surface area contributed by atoms with Crippen LogP contribution in [0.25, 0.3) is 23.0 Å². The Bertz CT molecular complexity index is 1320. The van der Waals surface area contributed by atoms with Gasteiger partial charge in [0.05, 0.1) is 22.9 Å². The number of para-hydroxylation sites is 1. The van der Waals surface area contributed by atoms with Crippen molar-refractivity contribution in [3.63, 3.8) is 0 Å². The van der Waals surface area contributed by atoms with E-state index in [0.717, 1.165) is 16.8 Å². The first kappa shape index (κ1) is 21.5. The maximum atomic E-state index is 12.7. The predicted molar refractivity (Wildman–Crippen MR) is 123 cm³/mol. The van der Waals surface area contributed by atoms with Crippen LogP contribution in [0, 0.1) is 18.3 Å². The molecule has 1 atom stereocenters. The summed E-state index contributed by atoms with van der Waals surface area (Å²) in [5.74, 6) is -0.639. The van der Waals surface area contributed by atoms with Crippen molar-refractivity contribution in [2.45, 2.75) is 19.4 Å². The summed E-state index contributed by atoms with van der Waals surface area (Å²) < 4.78 is 25.1. The molecule has 1 amide bonds. The molecule has 0 bridgehead atoms. The molecule has 2 heterocycles. The monoisotopic (exact) mass is 446 g/mol. The number of aromatic nitrogens is 2. The van der Waals surface area contributed by atoms with E-state index < -0.39 is 21.8 Å². The van der Waals surface area contributed by atoms with Gasteiger partial charge >= 0.3 is 0 Å². The summed E-state index contributed by atoms with van der Waals surface area (Å²) in [5.41, 5.74) is 3.96. The lowest BCUT2D eigenvalue weighted by molar-refractivity contribution is -0.117. The molecule has 1 saturated heterocycles. The quantitative estimate of drug-likeness (QED) is 0.479. The van der Waals surface area contributed by atoms with Crippen molar-refractivity contribution in [1.29, 1.82) is 5.26 Å². The smallest absolute Gasteiger partial charge is 0.262 e. The maximum Gasteiger partial charge on any atom is 0.262 e. The van der Waals surface area contributed by atoms with Crippen molar-refractivity contribution < 1.29 is 13.2 Å². The van der Waals surface area contributed by atoms with Crippen molar-refractivity contribution >= 4 is 21.8 Å². The van der Waals surface area contributed by atoms with Gasteiger partial charge in [-0.2, -0.15) is 10.4 Å². The average molecular weight is 447 g/mol. The third kappa shape index (κ3) is 4.79. The molecule has 4 rings (SSSR count). The van der Waals surface area contributed by atoms with Crippen LogP contribution in [0.4, 0.5) is 0 Å². The highest BCUT2D eigenvalue weighted by atomic mass is 32.2. The molecule has 1 N–H and O–H groups in total. The Labute approximate surface area is 186 Å². The van der Waals surface area contributed by atoms with Crippen molar-refractivity contribution in [1.82, 2.24) is 15.1 Å². The van der Waals surface area contributed by atoms with Crippen LogP contribution < -0.4 is 5.32 Å². The maximum absolute atomic E-state index is 12.7. The zero-order valence-corrected chi connectivity index (χ0v) is 18.3.